The summed E-state index contributed by atoms with van der Waals surface area (Å²) in [7, 11) is 0. The predicted molar refractivity (Wildman–Crippen MR) is 122 cm³/mol. The van der Waals surface area contributed by atoms with Crippen molar-refractivity contribution in [2.24, 2.45) is 0 Å². The van der Waals surface area contributed by atoms with Crippen LogP contribution in [0.3, 0.4) is 0 Å². The molecule has 0 unspecified atom stereocenters. The normalized spacial score (nSPS) is 10.8. The summed E-state index contributed by atoms with van der Waals surface area (Å²) < 4.78 is 5.85. The molecule has 2 aromatic carbocycles. The minimum absolute atomic E-state index is 0.0668. The van der Waals surface area contributed by atoms with Gasteiger partial charge in [-0.25, -0.2) is 9.97 Å². The number of amides is 1. The summed E-state index contributed by atoms with van der Waals surface area (Å²) in [6, 6.07) is 19.0. The van der Waals surface area contributed by atoms with Crippen molar-refractivity contribution in [2.75, 3.05) is 18.4 Å². The maximum atomic E-state index is 11.1. The van der Waals surface area contributed by atoms with Gasteiger partial charge < -0.3 is 20.4 Å². The number of ether oxygens (including phenoxy) is 1. The first kappa shape index (κ1) is 20.7. The maximum Gasteiger partial charge on any atom is 0.216 e. The second kappa shape index (κ2) is 9.49. The highest BCUT2D eigenvalue weighted by molar-refractivity contribution is 6.30. The fourth-order valence-electron chi connectivity index (χ4n) is 3.10. The van der Waals surface area contributed by atoms with E-state index in [0.717, 1.165) is 22.4 Å². The SMILES string of the molecule is CC(=O)NCCNc1nc(-c2ccccc2)nc2[nH]c(COc3ccc(Cl)cc3)cc12. The molecule has 3 N–H and O–H groups in total. The standard InChI is InChI=1S/C23H22ClN5O2/c1-15(30)25-11-12-26-22-20-13-18(14-31-19-9-7-17(24)8-10-19)27-23(20)29-21(28-22)16-5-3-2-4-6-16/h2-10,13H,11-12,14H2,1H3,(H,25,30)(H2,26,27,28,29). The third-order valence-electron chi connectivity index (χ3n) is 4.57. The van der Waals surface area contributed by atoms with E-state index in [1.165, 1.54) is 6.92 Å². The molecule has 4 rings (SSSR count). The van der Waals surface area contributed by atoms with Gasteiger partial charge in [0.1, 0.15) is 23.8 Å². The summed E-state index contributed by atoms with van der Waals surface area (Å²) >= 11 is 5.93. The molecule has 0 bridgehead atoms. The largest absolute Gasteiger partial charge is 0.487 e. The zero-order chi connectivity index (χ0) is 21.6. The van der Waals surface area contributed by atoms with E-state index in [-0.39, 0.29) is 5.91 Å². The van der Waals surface area contributed by atoms with Crippen LogP contribution >= 0.6 is 11.6 Å². The number of hydrogen-bond acceptors (Lipinski definition) is 5. The van der Waals surface area contributed by atoms with Crippen molar-refractivity contribution < 1.29 is 9.53 Å². The first-order chi connectivity index (χ1) is 15.1. The molecule has 1 amide bonds. The molecule has 158 valence electrons. The number of carbonyl (C=O) groups excluding carboxylic acids is 1. The van der Waals surface area contributed by atoms with Crippen LogP contribution in [0, 0.1) is 0 Å². The van der Waals surface area contributed by atoms with Crippen molar-refractivity contribution in [3.8, 4) is 17.1 Å². The molecule has 7 nitrogen and oxygen atoms in total. The quantitative estimate of drug-likeness (QED) is 0.357. The highest BCUT2D eigenvalue weighted by Crippen LogP contribution is 2.26. The minimum Gasteiger partial charge on any atom is -0.487 e. The summed E-state index contributed by atoms with van der Waals surface area (Å²) in [5.74, 6) is 1.97. The number of anilines is 1. The topological polar surface area (TPSA) is 91.9 Å². The lowest BCUT2D eigenvalue weighted by Gasteiger charge is -2.09. The van der Waals surface area contributed by atoms with E-state index in [1.807, 2.05) is 48.5 Å². The second-order valence-electron chi connectivity index (χ2n) is 6.97. The summed E-state index contributed by atoms with van der Waals surface area (Å²) in [5.41, 5.74) is 2.50. The van der Waals surface area contributed by atoms with Crippen LogP contribution in [0.25, 0.3) is 22.4 Å². The molecular formula is C23H22ClN5O2. The maximum absolute atomic E-state index is 11.1. The van der Waals surface area contributed by atoms with Crippen molar-refractivity contribution in [3.05, 3.63) is 71.4 Å². The summed E-state index contributed by atoms with van der Waals surface area (Å²) in [4.78, 5) is 23.9. The lowest BCUT2D eigenvalue weighted by Crippen LogP contribution is -2.26. The lowest BCUT2D eigenvalue weighted by molar-refractivity contribution is -0.118. The smallest absolute Gasteiger partial charge is 0.216 e. The Morgan fingerprint density at radius 1 is 1.06 bits per heavy atom. The average Bonchev–Trinajstić information content (AvgIpc) is 3.20. The summed E-state index contributed by atoms with van der Waals surface area (Å²) in [6.45, 7) is 2.89. The molecule has 8 heteroatoms. The molecular weight excluding hydrogens is 414 g/mol. The van der Waals surface area contributed by atoms with E-state index in [9.17, 15) is 4.79 Å². The van der Waals surface area contributed by atoms with Crippen LogP contribution in [-0.4, -0.2) is 33.9 Å². The van der Waals surface area contributed by atoms with E-state index >= 15 is 0 Å². The molecule has 0 aliphatic rings. The predicted octanol–water partition coefficient (Wildman–Crippen LogP) is 4.41. The van der Waals surface area contributed by atoms with Gasteiger partial charge in [-0.15, -0.1) is 0 Å². The van der Waals surface area contributed by atoms with Crippen LogP contribution in [0.2, 0.25) is 5.02 Å². The number of rotatable bonds is 8. The van der Waals surface area contributed by atoms with Crippen LogP contribution in [0.15, 0.2) is 60.7 Å². The van der Waals surface area contributed by atoms with Crippen LogP contribution in [-0.2, 0) is 11.4 Å². The van der Waals surface area contributed by atoms with Crippen molar-refractivity contribution in [1.29, 1.82) is 0 Å². The third-order valence-corrected chi connectivity index (χ3v) is 4.83. The Bertz CT molecular complexity index is 1180. The molecule has 0 radical (unpaired) electrons. The molecule has 0 saturated heterocycles. The number of nitrogens with zero attached hydrogens (tertiary/aromatic N) is 2. The highest BCUT2D eigenvalue weighted by Gasteiger charge is 2.13. The van der Waals surface area contributed by atoms with Crippen LogP contribution in [0.5, 0.6) is 5.75 Å². The van der Waals surface area contributed by atoms with E-state index in [0.29, 0.717) is 42.0 Å². The van der Waals surface area contributed by atoms with Gasteiger partial charge in [0, 0.05) is 30.6 Å². The molecule has 0 spiro atoms. The van der Waals surface area contributed by atoms with Crippen molar-refractivity contribution in [3.63, 3.8) is 0 Å². The molecule has 2 aromatic heterocycles. The van der Waals surface area contributed by atoms with Gasteiger partial charge in [0.2, 0.25) is 5.91 Å². The number of carbonyl (C=O) groups is 1. The van der Waals surface area contributed by atoms with Crippen molar-refractivity contribution in [2.45, 2.75) is 13.5 Å². The van der Waals surface area contributed by atoms with Gasteiger partial charge in [0.25, 0.3) is 0 Å². The lowest BCUT2D eigenvalue weighted by atomic mass is 10.2. The zero-order valence-corrected chi connectivity index (χ0v) is 17.7. The number of fused-ring (bicyclic) bond motifs is 1. The number of aromatic amines is 1. The number of halogens is 1. The summed E-state index contributed by atoms with van der Waals surface area (Å²) in [5, 5.41) is 7.60. The number of nitrogens with one attached hydrogen (secondary N) is 3. The molecule has 0 aliphatic heterocycles. The van der Waals surface area contributed by atoms with Crippen LogP contribution in [0.4, 0.5) is 5.82 Å². The molecule has 4 aromatic rings. The molecule has 0 saturated carbocycles. The second-order valence-corrected chi connectivity index (χ2v) is 7.41. The Hall–Kier alpha value is -3.58. The van der Waals surface area contributed by atoms with Gasteiger partial charge in [-0.05, 0) is 30.3 Å². The van der Waals surface area contributed by atoms with E-state index < -0.39 is 0 Å². The minimum atomic E-state index is -0.0668. The van der Waals surface area contributed by atoms with Crippen molar-refractivity contribution in [1.82, 2.24) is 20.3 Å². The van der Waals surface area contributed by atoms with Gasteiger partial charge >= 0.3 is 0 Å². The Morgan fingerprint density at radius 2 is 1.84 bits per heavy atom. The Labute approximate surface area is 184 Å². The number of aromatic nitrogens is 3. The average molecular weight is 436 g/mol. The van der Waals surface area contributed by atoms with Gasteiger partial charge in [-0.2, -0.15) is 0 Å². The number of H-pyrrole nitrogens is 1. The van der Waals surface area contributed by atoms with E-state index in [2.05, 4.69) is 15.6 Å². The molecule has 0 aliphatic carbocycles. The van der Waals surface area contributed by atoms with Gasteiger partial charge in [-0.3, -0.25) is 4.79 Å². The Balaban J connectivity index is 1.60. The van der Waals surface area contributed by atoms with E-state index in [1.54, 1.807) is 12.1 Å². The monoisotopic (exact) mass is 435 g/mol. The first-order valence-corrected chi connectivity index (χ1v) is 10.3. The first-order valence-electron chi connectivity index (χ1n) is 9.90. The van der Waals surface area contributed by atoms with Crippen molar-refractivity contribution >= 4 is 34.4 Å². The van der Waals surface area contributed by atoms with Gasteiger partial charge in [0.15, 0.2) is 5.82 Å². The fraction of sp³-hybridized carbons (Fsp3) is 0.174. The van der Waals surface area contributed by atoms with Gasteiger partial charge in [-0.1, -0.05) is 41.9 Å². The molecule has 31 heavy (non-hydrogen) atoms. The third kappa shape index (κ3) is 5.32. The molecule has 0 fully saturated rings. The Morgan fingerprint density at radius 3 is 2.58 bits per heavy atom. The fourth-order valence-corrected chi connectivity index (χ4v) is 3.23. The Kier molecular flexibility index (Phi) is 6.33. The molecule has 0 atom stereocenters. The number of hydrogen-bond donors (Lipinski definition) is 3. The number of benzene rings is 2. The van der Waals surface area contributed by atoms with Gasteiger partial charge in [0.05, 0.1) is 11.1 Å². The highest BCUT2D eigenvalue weighted by atomic mass is 35.5. The van der Waals surface area contributed by atoms with Crippen LogP contribution in [0.1, 0.15) is 12.6 Å². The van der Waals surface area contributed by atoms with Crippen LogP contribution < -0.4 is 15.4 Å². The molecule has 2 heterocycles. The zero-order valence-electron chi connectivity index (χ0n) is 17.0. The summed E-state index contributed by atoms with van der Waals surface area (Å²) in [6.07, 6.45) is 0. The van der Waals surface area contributed by atoms with E-state index in [4.69, 9.17) is 26.3 Å².